The van der Waals surface area contributed by atoms with Gasteiger partial charge in [-0.3, -0.25) is 0 Å². The maximum absolute atomic E-state index is 11.3. The zero-order valence-corrected chi connectivity index (χ0v) is 9.15. The number of urea groups is 1. The minimum absolute atomic E-state index is 0.404. The van der Waals surface area contributed by atoms with Crippen molar-refractivity contribution in [3.63, 3.8) is 0 Å². The molecule has 0 aromatic heterocycles. The van der Waals surface area contributed by atoms with Gasteiger partial charge in [0.2, 0.25) is 0 Å². The highest BCUT2D eigenvalue weighted by atomic mass is 16.5. The van der Waals surface area contributed by atoms with Crippen LogP contribution >= 0.6 is 0 Å². The van der Waals surface area contributed by atoms with Gasteiger partial charge in [-0.25, -0.2) is 4.79 Å². The first-order valence-corrected chi connectivity index (χ1v) is 4.77. The molecule has 0 saturated heterocycles. The summed E-state index contributed by atoms with van der Waals surface area (Å²) in [6.07, 6.45) is 0. The lowest BCUT2D eigenvalue weighted by Gasteiger charge is -2.08. The Morgan fingerprint density at radius 2 is 2.06 bits per heavy atom. The first-order valence-electron chi connectivity index (χ1n) is 4.77. The minimum atomic E-state index is -0.516. The summed E-state index contributed by atoms with van der Waals surface area (Å²) in [7, 11) is 1.57. The van der Waals surface area contributed by atoms with Crippen LogP contribution in [-0.4, -0.2) is 19.2 Å². The topological polar surface area (TPSA) is 74.2 Å². The molecular formula is C11H13N3O2. The highest BCUT2D eigenvalue weighted by molar-refractivity contribution is 5.89. The van der Waals surface area contributed by atoms with Crippen molar-refractivity contribution in [2.24, 2.45) is 0 Å². The molecule has 16 heavy (non-hydrogen) atoms. The standard InChI is InChI=1S/C11H13N3O2/c1-8(7-12)13-11(15)14-9-3-5-10(16-2)6-4-9/h3-6,8H,1-2H3,(H2,13,14,15). The van der Waals surface area contributed by atoms with Gasteiger partial charge in [-0.1, -0.05) is 0 Å². The number of hydrogen-bond donors (Lipinski definition) is 2. The van der Waals surface area contributed by atoms with Crippen LogP contribution in [0.25, 0.3) is 0 Å². The molecule has 5 nitrogen and oxygen atoms in total. The second-order valence-corrected chi connectivity index (χ2v) is 3.18. The Hall–Kier alpha value is -2.22. The maximum Gasteiger partial charge on any atom is 0.320 e. The van der Waals surface area contributed by atoms with Gasteiger partial charge in [0, 0.05) is 5.69 Å². The number of nitrogens with one attached hydrogen (secondary N) is 2. The highest BCUT2D eigenvalue weighted by Crippen LogP contribution is 2.14. The molecule has 0 radical (unpaired) electrons. The molecule has 0 fully saturated rings. The molecule has 1 unspecified atom stereocenters. The number of amides is 2. The Labute approximate surface area is 94.0 Å². The molecule has 0 spiro atoms. The smallest absolute Gasteiger partial charge is 0.320 e. The van der Waals surface area contributed by atoms with Crippen LogP contribution in [0, 0.1) is 11.3 Å². The van der Waals surface area contributed by atoms with Crippen molar-refractivity contribution < 1.29 is 9.53 Å². The lowest BCUT2D eigenvalue weighted by atomic mass is 10.3. The van der Waals surface area contributed by atoms with Crippen molar-refractivity contribution in [3.05, 3.63) is 24.3 Å². The van der Waals surface area contributed by atoms with E-state index in [0.717, 1.165) is 5.75 Å². The average Bonchev–Trinajstić information content (AvgIpc) is 2.29. The summed E-state index contributed by atoms with van der Waals surface area (Å²) in [6.45, 7) is 1.60. The predicted molar refractivity (Wildman–Crippen MR) is 60.2 cm³/mol. The van der Waals surface area contributed by atoms with E-state index in [9.17, 15) is 4.79 Å². The molecule has 0 aliphatic heterocycles. The Morgan fingerprint density at radius 1 is 1.44 bits per heavy atom. The maximum atomic E-state index is 11.3. The van der Waals surface area contributed by atoms with Gasteiger partial charge in [-0.05, 0) is 31.2 Å². The summed E-state index contributed by atoms with van der Waals surface area (Å²) in [5.74, 6) is 0.719. The quantitative estimate of drug-likeness (QED) is 0.812. The average molecular weight is 219 g/mol. The van der Waals surface area contributed by atoms with Gasteiger partial charge in [-0.15, -0.1) is 0 Å². The molecule has 1 rings (SSSR count). The molecule has 5 heteroatoms. The molecule has 84 valence electrons. The number of ether oxygens (including phenoxy) is 1. The second kappa shape index (κ2) is 5.61. The van der Waals surface area contributed by atoms with E-state index in [2.05, 4.69) is 10.6 Å². The van der Waals surface area contributed by atoms with Crippen LogP contribution in [0.3, 0.4) is 0 Å². The van der Waals surface area contributed by atoms with E-state index in [-0.39, 0.29) is 0 Å². The highest BCUT2D eigenvalue weighted by Gasteiger charge is 2.05. The molecule has 0 saturated carbocycles. The zero-order valence-electron chi connectivity index (χ0n) is 9.15. The predicted octanol–water partition coefficient (Wildman–Crippen LogP) is 1.73. The van der Waals surface area contributed by atoms with Gasteiger partial charge in [0.05, 0.1) is 13.2 Å². The summed E-state index contributed by atoms with van der Waals surface area (Å²) >= 11 is 0. The van der Waals surface area contributed by atoms with Crippen LogP contribution in [0.2, 0.25) is 0 Å². The molecular weight excluding hydrogens is 206 g/mol. The van der Waals surface area contributed by atoms with Gasteiger partial charge >= 0.3 is 6.03 Å². The number of benzene rings is 1. The third-order valence-corrected chi connectivity index (χ3v) is 1.89. The lowest BCUT2D eigenvalue weighted by Crippen LogP contribution is -2.35. The van der Waals surface area contributed by atoms with Gasteiger partial charge in [0.25, 0.3) is 0 Å². The summed E-state index contributed by atoms with van der Waals surface area (Å²) in [5, 5.41) is 13.6. The summed E-state index contributed by atoms with van der Waals surface area (Å²) < 4.78 is 4.98. The molecule has 2 N–H and O–H groups in total. The summed E-state index contributed by atoms with van der Waals surface area (Å²) in [5.41, 5.74) is 0.642. The SMILES string of the molecule is COc1ccc(NC(=O)NC(C)C#N)cc1. The van der Waals surface area contributed by atoms with E-state index >= 15 is 0 Å². The van der Waals surface area contributed by atoms with Crippen molar-refractivity contribution in [1.82, 2.24) is 5.32 Å². The van der Waals surface area contributed by atoms with Crippen LogP contribution in [0.15, 0.2) is 24.3 Å². The molecule has 1 aromatic rings. The second-order valence-electron chi connectivity index (χ2n) is 3.18. The number of methoxy groups -OCH3 is 1. The Bertz CT molecular complexity index is 395. The van der Waals surface area contributed by atoms with Crippen molar-refractivity contribution in [2.75, 3.05) is 12.4 Å². The van der Waals surface area contributed by atoms with E-state index in [1.165, 1.54) is 0 Å². The normalized spacial score (nSPS) is 11.1. The van der Waals surface area contributed by atoms with Crippen molar-refractivity contribution in [1.29, 1.82) is 5.26 Å². The number of hydrogen-bond acceptors (Lipinski definition) is 3. The number of nitriles is 1. The van der Waals surface area contributed by atoms with Gasteiger partial charge in [-0.2, -0.15) is 5.26 Å². The summed E-state index contributed by atoms with van der Waals surface area (Å²) in [6, 6.07) is 7.90. The largest absolute Gasteiger partial charge is 0.497 e. The van der Waals surface area contributed by atoms with E-state index in [1.54, 1.807) is 38.3 Å². The Morgan fingerprint density at radius 3 is 2.56 bits per heavy atom. The summed E-state index contributed by atoms with van der Waals surface area (Å²) in [4.78, 5) is 11.3. The van der Waals surface area contributed by atoms with Gasteiger partial charge < -0.3 is 15.4 Å². The van der Waals surface area contributed by atoms with Crippen LogP contribution < -0.4 is 15.4 Å². The van der Waals surface area contributed by atoms with Gasteiger partial charge in [0.1, 0.15) is 11.8 Å². The first kappa shape index (κ1) is 11.9. The molecule has 0 bridgehead atoms. The van der Waals surface area contributed by atoms with E-state index in [0.29, 0.717) is 5.69 Å². The fourth-order valence-corrected chi connectivity index (χ4v) is 1.07. The number of anilines is 1. The number of carbonyl (C=O) groups excluding carboxylic acids is 1. The molecule has 0 aliphatic carbocycles. The van der Waals surface area contributed by atoms with E-state index in [1.807, 2.05) is 6.07 Å². The molecule has 1 atom stereocenters. The molecule has 1 aromatic carbocycles. The van der Waals surface area contributed by atoms with E-state index in [4.69, 9.17) is 10.00 Å². The van der Waals surface area contributed by atoms with Crippen LogP contribution in [0.1, 0.15) is 6.92 Å². The fraction of sp³-hybridized carbons (Fsp3) is 0.273. The van der Waals surface area contributed by atoms with Crippen LogP contribution in [0.4, 0.5) is 10.5 Å². The van der Waals surface area contributed by atoms with Crippen LogP contribution in [-0.2, 0) is 0 Å². The Kier molecular flexibility index (Phi) is 4.16. The third kappa shape index (κ3) is 3.50. The zero-order chi connectivity index (χ0) is 12.0. The third-order valence-electron chi connectivity index (χ3n) is 1.89. The lowest BCUT2D eigenvalue weighted by molar-refractivity contribution is 0.251. The van der Waals surface area contributed by atoms with Gasteiger partial charge in [0.15, 0.2) is 0 Å². The van der Waals surface area contributed by atoms with Crippen molar-refractivity contribution in [3.8, 4) is 11.8 Å². The minimum Gasteiger partial charge on any atom is -0.497 e. The molecule has 0 aliphatic rings. The monoisotopic (exact) mass is 219 g/mol. The van der Waals surface area contributed by atoms with Crippen molar-refractivity contribution >= 4 is 11.7 Å². The number of carbonyl (C=O) groups is 1. The van der Waals surface area contributed by atoms with E-state index < -0.39 is 12.1 Å². The molecule has 0 heterocycles. The number of rotatable bonds is 3. The van der Waals surface area contributed by atoms with Crippen molar-refractivity contribution in [2.45, 2.75) is 13.0 Å². The number of nitrogens with zero attached hydrogens (tertiary/aromatic N) is 1. The molecule has 2 amide bonds. The fourth-order valence-electron chi connectivity index (χ4n) is 1.07. The first-order chi connectivity index (χ1) is 7.65. The van der Waals surface area contributed by atoms with Crippen LogP contribution in [0.5, 0.6) is 5.75 Å². The Balaban J connectivity index is 2.53.